The van der Waals surface area contributed by atoms with Crippen LogP contribution < -0.4 is 26.2 Å². The molecule has 0 saturated carbocycles. The van der Waals surface area contributed by atoms with Crippen LogP contribution in [0, 0.1) is 0 Å². The van der Waals surface area contributed by atoms with Gasteiger partial charge < -0.3 is 27.7 Å². The molecule has 0 radical (unpaired) electrons. The van der Waals surface area contributed by atoms with Gasteiger partial charge in [0.05, 0.1) is 82.8 Å². The fraction of sp³-hybridized carbons (Fsp3) is 0.0400. The highest BCUT2D eigenvalue weighted by Gasteiger charge is 2.46. The Morgan fingerprint density at radius 3 is 1.07 bits per heavy atom. The van der Waals surface area contributed by atoms with Crippen molar-refractivity contribution in [3.63, 3.8) is 0 Å². The lowest BCUT2D eigenvalue weighted by atomic mass is 9.33. The van der Waals surface area contributed by atoms with Crippen LogP contribution in [0.4, 0.5) is 34.1 Å². The molecule has 22 aromatic rings. The largest absolute Gasteiger partial charge is 0.311 e. The zero-order valence-electron chi connectivity index (χ0n) is 73.9. The van der Waals surface area contributed by atoms with Gasteiger partial charge in [0, 0.05) is 116 Å². The molecule has 16 aromatic carbocycles. The fourth-order valence-corrected chi connectivity index (χ4v) is 18.4. The van der Waals surface area contributed by atoms with E-state index in [-0.39, 0.29) is 43.6 Å². The first-order chi connectivity index (χ1) is 59.4. The molecule has 0 fully saturated rings. The summed E-state index contributed by atoms with van der Waals surface area (Å²) in [5, 5.41) is 8.20. The van der Waals surface area contributed by atoms with Gasteiger partial charge in [-0.3, -0.25) is 0 Å². The average Bonchev–Trinajstić information content (AvgIpc) is 1.68. The molecule has 2 aliphatic heterocycles. The molecule has 498 valence electrons. The Labute approximate surface area is 639 Å². The smallest absolute Gasteiger partial charge is 0.252 e. The van der Waals surface area contributed by atoms with Gasteiger partial charge in [0.15, 0.2) is 0 Å². The molecule has 0 bridgehead atoms. The third-order valence-electron chi connectivity index (χ3n) is 23.0. The van der Waals surface area contributed by atoms with E-state index < -0.39 is 109 Å². The lowest BCUT2D eigenvalue weighted by molar-refractivity contribution is 0.590. The lowest BCUT2D eigenvalue weighted by Gasteiger charge is -2.46. The number of anilines is 6. The Hall–Kier alpha value is -13.6. The van der Waals surface area contributed by atoms with Crippen LogP contribution in [0.5, 0.6) is 0 Å². The first-order valence-corrected chi connectivity index (χ1v) is 36.1. The zero-order valence-corrected chi connectivity index (χ0v) is 57.9. The number of para-hydroxylation sites is 9. The van der Waals surface area contributed by atoms with Crippen molar-refractivity contribution in [2.24, 2.45) is 0 Å². The molecule has 7 heteroatoms. The summed E-state index contributed by atoms with van der Waals surface area (Å²) >= 11 is 0. The Morgan fingerprint density at radius 2 is 0.645 bits per heavy atom. The van der Waals surface area contributed by atoms with Crippen LogP contribution in [0.1, 0.15) is 48.3 Å². The summed E-state index contributed by atoms with van der Waals surface area (Å²) < 4.78 is 160. The number of benzene rings is 16. The predicted molar refractivity (Wildman–Crippen MR) is 453 cm³/mol. The molecule has 24 rings (SSSR count). The van der Waals surface area contributed by atoms with Gasteiger partial charge in [-0.25, -0.2) is 0 Å². The monoisotopic (exact) mass is 1380 g/mol. The summed E-state index contributed by atoms with van der Waals surface area (Å²) in [6.07, 6.45) is 0. The van der Waals surface area contributed by atoms with Crippen molar-refractivity contribution in [3.8, 4) is 44.8 Å². The molecule has 0 unspecified atom stereocenters. The summed E-state index contributed by atoms with van der Waals surface area (Å²) in [5.74, 6) is 0. The molecule has 0 N–H and O–H groups in total. The zero-order chi connectivity index (χ0) is 84.2. The Morgan fingerprint density at radius 1 is 0.280 bits per heavy atom. The molecule has 6 nitrogen and oxygen atoms in total. The third-order valence-corrected chi connectivity index (χ3v) is 23.0. The minimum Gasteiger partial charge on any atom is -0.311 e. The molecular weight excluding hydrogens is 1300 g/mol. The van der Waals surface area contributed by atoms with Gasteiger partial charge in [-0.05, 0) is 171 Å². The summed E-state index contributed by atoms with van der Waals surface area (Å²) in [7, 11) is 0. The minimum atomic E-state index is -0.747. The van der Waals surface area contributed by atoms with Crippen molar-refractivity contribution in [3.05, 3.63) is 345 Å². The Balaban J connectivity index is 0.883. The van der Waals surface area contributed by atoms with Gasteiger partial charge in [0.2, 0.25) is 0 Å². The van der Waals surface area contributed by atoms with Gasteiger partial charge in [-0.2, -0.15) is 0 Å². The second-order valence-corrected chi connectivity index (χ2v) is 29.5. The van der Waals surface area contributed by atoms with Crippen LogP contribution in [0.3, 0.4) is 0 Å². The van der Waals surface area contributed by atoms with Crippen molar-refractivity contribution in [1.29, 1.82) is 0 Å². The summed E-state index contributed by atoms with van der Waals surface area (Å²) in [5.41, 5.74) is 19.1. The van der Waals surface area contributed by atoms with E-state index in [9.17, 15) is 19.2 Å². The standard InChI is InChI=1S/C100H65BN6/c1-100(2,3)64-56-94-96-95(57-64)107(97-68(62-52-78-74-30-11-19-40-88(74)105-89-41-20-12-31-75(89)79(53-62)98(78)105)34-23-35-69(97)63-54-80-76-32-13-21-42-90(76)106-91-43-22-14-33-77(91)81(55-63)99(80)106)93-59-67(104-86-38-17-9-28-72(86)73-29-10-18-39-87(73)104)49-51-83(93)101(96)82-50-48-66(103-84-36-15-7-26-70(84)71-27-8-16-37-85(71)103)58-92(82)102(94)65-46-44-61(45-47-65)60-24-5-4-6-25-60/h4-59H,1-3H3/i7D,8D,9D,10D,15D,16D,17D,18D,26D,27D,28D,29D,36D,37D,38D,39D. The normalized spacial score (nSPS) is 15.2. The van der Waals surface area contributed by atoms with E-state index in [4.69, 9.17) is 2.74 Å². The molecule has 0 aliphatic carbocycles. The van der Waals surface area contributed by atoms with Crippen LogP contribution in [-0.4, -0.2) is 24.6 Å². The number of hydrogen-bond donors (Lipinski definition) is 0. The molecule has 2 aliphatic rings. The first-order valence-electron chi connectivity index (χ1n) is 44.1. The van der Waals surface area contributed by atoms with Crippen LogP contribution in [0.15, 0.2) is 339 Å². The summed E-state index contributed by atoms with van der Waals surface area (Å²) in [4.78, 5) is 4.62. The third kappa shape index (κ3) is 8.04. The maximum Gasteiger partial charge on any atom is 0.252 e. The van der Waals surface area contributed by atoms with E-state index in [1.807, 2.05) is 54.6 Å². The molecule has 8 heterocycles. The number of rotatable bonds is 7. The van der Waals surface area contributed by atoms with Gasteiger partial charge in [0.25, 0.3) is 6.71 Å². The maximum atomic E-state index is 9.98. The van der Waals surface area contributed by atoms with Gasteiger partial charge in [-0.1, -0.05) is 239 Å². The highest BCUT2D eigenvalue weighted by Crippen LogP contribution is 2.55. The van der Waals surface area contributed by atoms with Crippen LogP contribution in [0.25, 0.3) is 165 Å². The predicted octanol–water partition coefficient (Wildman–Crippen LogP) is 24.6. The van der Waals surface area contributed by atoms with E-state index in [0.29, 0.717) is 22.7 Å². The van der Waals surface area contributed by atoms with Crippen molar-refractivity contribution in [2.75, 3.05) is 9.80 Å². The van der Waals surface area contributed by atoms with E-state index in [0.717, 1.165) is 154 Å². The van der Waals surface area contributed by atoms with Gasteiger partial charge >= 0.3 is 0 Å². The molecule has 0 saturated heterocycles. The van der Waals surface area contributed by atoms with E-state index in [1.165, 1.54) is 0 Å². The van der Waals surface area contributed by atoms with Crippen LogP contribution in [0.2, 0.25) is 0 Å². The molecule has 107 heavy (non-hydrogen) atoms. The van der Waals surface area contributed by atoms with Crippen molar-refractivity contribution in [1.82, 2.24) is 17.9 Å². The summed E-state index contributed by atoms with van der Waals surface area (Å²) in [6.45, 7) is 5.80. The highest BCUT2D eigenvalue weighted by molar-refractivity contribution is 7.00. The van der Waals surface area contributed by atoms with E-state index >= 15 is 0 Å². The first kappa shape index (κ1) is 45.5. The Bertz CT molecular complexity index is 8080. The fourth-order valence-electron chi connectivity index (χ4n) is 18.4. The van der Waals surface area contributed by atoms with Crippen molar-refractivity contribution in [2.45, 2.75) is 26.2 Å². The molecule has 0 amide bonds. The molecule has 6 aromatic heterocycles. The molecule has 0 atom stereocenters. The quantitative estimate of drug-likeness (QED) is 0.149. The Kier molecular flexibility index (Phi) is 9.14. The van der Waals surface area contributed by atoms with Crippen molar-refractivity contribution >= 4 is 177 Å². The SMILES string of the molecule is [2H]c1c([2H])c([2H])c2c(c1[2H])c1c([2H])c([2H])c([2H])c([2H])c1n2-c1ccc2c(c1)N(c1ccc(-c3ccccc3)cc1)c1cc(C(C)(C)C)cc3c1B2c1ccc(-n2c4c([2H])c([2H])c([2H])c([2H])c4c4c([2H])c([2H])c([2H])c([2H])c42)cc1N3c1c(-c2cc3c4ccccc4n4c5ccccc5c(c2)c34)cccc1-c1cc2c3ccccc3n3c4ccccc4c(c1)c23. The lowest BCUT2D eigenvalue weighted by Crippen LogP contribution is -2.61. The molecular formula is C100H65BN6. The highest BCUT2D eigenvalue weighted by atomic mass is 15.2. The maximum absolute atomic E-state index is 9.98. The number of nitrogens with zero attached hydrogens (tertiary/aromatic N) is 6. The minimum absolute atomic E-state index is 0.0404. The van der Waals surface area contributed by atoms with Gasteiger partial charge in [-0.15, -0.1) is 0 Å². The van der Waals surface area contributed by atoms with Crippen LogP contribution in [-0.2, 0) is 5.41 Å². The van der Waals surface area contributed by atoms with Gasteiger partial charge in [0.1, 0.15) is 0 Å². The number of fused-ring (bicyclic) bond motifs is 22. The number of hydrogen-bond acceptors (Lipinski definition) is 2. The van der Waals surface area contributed by atoms with E-state index in [1.54, 1.807) is 9.13 Å². The van der Waals surface area contributed by atoms with E-state index in [2.05, 4.69) is 227 Å². The molecule has 0 spiro atoms. The second-order valence-electron chi connectivity index (χ2n) is 29.5. The average molecular weight is 1380 g/mol. The summed E-state index contributed by atoms with van der Waals surface area (Å²) in [6, 6.07) is 76.6. The van der Waals surface area contributed by atoms with Crippen molar-refractivity contribution < 1.29 is 21.9 Å². The number of aromatic nitrogens is 4. The topological polar surface area (TPSA) is 25.2 Å². The second kappa shape index (κ2) is 21.5. The van der Waals surface area contributed by atoms with Crippen LogP contribution >= 0.6 is 0 Å².